The molecule has 0 bridgehead atoms. The molecule has 2 aromatic carbocycles. The molecule has 2 aliphatic rings. The lowest BCUT2D eigenvalue weighted by atomic mass is 10.1. The molecule has 180 valence electrons. The predicted octanol–water partition coefficient (Wildman–Crippen LogP) is 7.13. The summed E-state index contributed by atoms with van der Waals surface area (Å²) >= 11 is 13.5. The van der Waals surface area contributed by atoms with Crippen molar-refractivity contribution in [2.24, 2.45) is 0 Å². The molecule has 3 aromatic rings. The van der Waals surface area contributed by atoms with Crippen LogP contribution in [0.2, 0.25) is 5.02 Å². The molecule has 35 heavy (non-hydrogen) atoms. The van der Waals surface area contributed by atoms with Gasteiger partial charge in [0.25, 0.3) is 5.91 Å². The Labute approximate surface area is 220 Å². The number of para-hydroxylation sites is 1. The first-order valence-electron chi connectivity index (χ1n) is 11.9. The molecule has 1 aliphatic carbocycles. The number of rotatable bonds is 7. The lowest BCUT2D eigenvalue weighted by Crippen LogP contribution is -2.36. The maximum absolute atomic E-state index is 13.3. The molecule has 1 amide bonds. The lowest BCUT2D eigenvalue weighted by Gasteiger charge is -2.21. The number of aromatic nitrogens is 2. The predicted molar refractivity (Wildman–Crippen MR) is 147 cm³/mol. The molecule has 0 unspecified atom stereocenters. The number of thioether (sulfide) groups is 1. The first-order valence-corrected chi connectivity index (χ1v) is 13.5. The summed E-state index contributed by atoms with van der Waals surface area (Å²) < 4.78 is 8.21. The Morgan fingerprint density at radius 3 is 2.69 bits per heavy atom. The molecule has 0 radical (unpaired) electrons. The second kappa shape index (κ2) is 10.6. The second-order valence-corrected chi connectivity index (χ2v) is 10.8. The SMILES string of the molecule is CCCOc1ccc(-c2nn(-c3ccccc3)cc2/C=C2\SC(=S)N(C3CCCC3)C2=O)cc1Cl. The summed E-state index contributed by atoms with van der Waals surface area (Å²) in [6, 6.07) is 15.8. The van der Waals surface area contributed by atoms with Crippen LogP contribution >= 0.6 is 35.6 Å². The summed E-state index contributed by atoms with van der Waals surface area (Å²) in [7, 11) is 0. The topological polar surface area (TPSA) is 47.4 Å². The largest absolute Gasteiger partial charge is 0.492 e. The molecule has 0 spiro atoms. The van der Waals surface area contributed by atoms with Crippen LogP contribution in [0.1, 0.15) is 44.6 Å². The minimum absolute atomic E-state index is 0.00772. The van der Waals surface area contributed by atoms with Crippen LogP contribution in [0.25, 0.3) is 23.0 Å². The van der Waals surface area contributed by atoms with E-state index in [1.54, 1.807) is 0 Å². The van der Waals surface area contributed by atoms with Crippen LogP contribution in [-0.4, -0.2) is 37.6 Å². The number of carbonyl (C=O) groups is 1. The molecule has 1 aromatic heterocycles. The average molecular weight is 524 g/mol. The summed E-state index contributed by atoms with van der Waals surface area (Å²) in [5, 5.41) is 5.40. The Bertz CT molecular complexity index is 1280. The Morgan fingerprint density at radius 2 is 1.97 bits per heavy atom. The van der Waals surface area contributed by atoms with Gasteiger partial charge in [-0.1, -0.05) is 73.5 Å². The summed E-state index contributed by atoms with van der Waals surface area (Å²) in [5.74, 6) is 0.644. The van der Waals surface area contributed by atoms with E-state index in [9.17, 15) is 4.79 Å². The van der Waals surface area contributed by atoms with E-state index in [2.05, 4.69) is 6.92 Å². The number of benzene rings is 2. The van der Waals surface area contributed by atoms with Gasteiger partial charge in [-0.3, -0.25) is 9.69 Å². The number of thiocarbonyl (C=S) groups is 1. The molecule has 1 aliphatic heterocycles. The molecule has 0 atom stereocenters. The van der Waals surface area contributed by atoms with Gasteiger partial charge in [0.1, 0.15) is 15.8 Å². The Balaban J connectivity index is 1.54. The highest BCUT2D eigenvalue weighted by Crippen LogP contribution is 2.39. The van der Waals surface area contributed by atoms with Crippen LogP contribution in [0, 0.1) is 0 Å². The van der Waals surface area contributed by atoms with Gasteiger partial charge in [0, 0.05) is 23.4 Å². The molecule has 0 N–H and O–H groups in total. The van der Waals surface area contributed by atoms with Crippen molar-refractivity contribution in [2.75, 3.05) is 6.61 Å². The Hall–Kier alpha value is -2.61. The van der Waals surface area contributed by atoms with Crippen molar-refractivity contribution in [3.8, 4) is 22.7 Å². The number of hydrogen-bond acceptors (Lipinski definition) is 5. The molecular weight excluding hydrogens is 498 g/mol. The van der Waals surface area contributed by atoms with Crippen LogP contribution in [-0.2, 0) is 4.79 Å². The third kappa shape index (κ3) is 5.03. The fourth-order valence-electron chi connectivity index (χ4n) is 4.51. The summed E-state index contributed by atoms with van der Waals surface area (Å²) in [5.41, 5.74) is 3.36. The number of carbonyl (C=O) groups excluding carboxylic acids is 1. The number of halogens is 1. The monoisotopic (exact) mass is 523 g/mol. The maximum atomic E-state index is 13.3. The van der Waals surface area contributed by atoms with Gasteiger partial charge in [0.15, 0.2) is 0 Å². The summed E-state index contributed by atoms with van der Waals surface area (Å²) in [6.45, 7) is 2.66. The minimum Gasteiger partial charge on any atom is -0.492 e. The van der Waals surface area contributed by atoms with Gasteiger partial charge in [-0.25, -0.2) is 4.68 Å². The smallest absolute Gasteiger partial charge is 0.266 e. The Morgan fingerprint density at radius 1 is 1.20 bits per heavy atom. The van der Waals surface area contributed by atoms with Crippen LogP contribution in [0.3, 0.4) is 0 Å². The molecular formula is C27H26ClN3O2S2. The highest BCUT2D eigenvalue weighted by Gasteiger charge is 2.38. The number of amides is 1. The van der Waals surface area contributed by atoms with Crippen LogP contribution in [0.4, 0.5) is 0 Å². The van der Waals surface area contributed by atoms with Crippen LogP contribution < -0.4 is 4.74 Å². The summed E-state index contributed by atoms with van der Waals surface area (Å²) in [6.07, 6.45) is 9.08. The van der Waals surface area contributed by atoms with Gasteiger partial charge in [0.2, 0.25) is 0 Å². The normalized spacial score (nSPS) is 17.7. The van der Waals surface area contributed by atoms with E-state index in [-0.39, 0.29) is 11.9 Å². The molecule has 2 fully saturated rings. The van der Waals surface area contributed by atoms with E-state index in [0.717, 1.165) is 54.6 Å². The fraction of sp³-hybridized carbons (Fsp3) is 0.296. The molecule has 5 rings (SSSR count). The summed E-state index contributed by atoms with van der Waals surface area (Å²) in [4.78, 5) is 15.8. The van der Waals surface area contributed by atoms with Crippen LogP contribution in [0.5, 0.6) is 5.75 Å². The zero-order valence-electron chi connectivity index (χ0n) is 19.4. The third-order valence-corrected chi connectivity index (χ3v) is 7.86. The van der Waals surface area contributed by atoms with Gasteiger partial charge < -0.3 is 4.74 Å². The quantitative estimate of drug-likeness (QED) is 0.243. The van der Waals surface area contributed by atoms with Gasteiger partial charge in [-0.05, 0) is 55.7 Å². The highest BCUT2D eigenvalue weighted by molar-refractivity contribution is 8.26. The first kappa shape index (κ1) is 24.1. The average Bonchev–Trinajstić information content (AvgIpc) is 3.59. The van der Waals surface area contributed by atoms with Gasteiger partial charge in [-0.2, -0.15) is 5.10 Å². The van der Waals surface area contributed by atoms with Gasteiger partial charge in [0.05, 0.1) is 22.2 Å². The zero-order chi connectivity index (χ0) is 24.4. The first-order chi connectivity index (χ1) is 17.0. The number of nitrogens with zero attached hydrogens (tertiary/aromatic N) is 3. The van der Waals surface area contributed by atoms with E-state index < -0.39 is 0 Å². The Kier molecular flexibility index (Phi) is 7.27. The van der Waals surface area contributed by atoms with Crippen molar-refractivity contribution in [2.45, 2.75) is 45.1 Å². The minimum atomic E-state index is -0.00772. The lowest BCUT2D eigenvalue weighted by molar-refractivity contribution is -0.123. The fourth-order valence-corrected chi connectivity index (χ4v) is 6.13. The van der Waals surface area contributed by atoms with Crippen molar-refractivity contribution >= 4 is 51.9 Å². The highest BCUT2D eigenvalue weighted by atomic mass is 35.5. The standard InChI is InChI=1S/C27H26ClN3O2S2/c1-2-14-33-23-13-12-18(15-22(23)28)25-19(17-30(29-25)20-8-4-3-5-9-20)16-24-26(32)31(27(34)35-24)21-10-6-7-11-21/h3-5,8-9,12-13,15-17,21H,2,6-7,10-11,14H2,1H3/b24-16-. The molecule has 1 saturated carbocycles. The third-order valence-electron chi connectivity index (χ3n) is 6.23. The van der Waals surface area contributed by atoms with Crippen LogP contribution in [0.15, 0.2) is 59.6 Å². The van der Waals surface area contributed by atoms with E-state index in [0.29, 0.717) is 26.6 Å². The van der Waals surface area contributed by atoms with E-state index >= 15 is 0 Å². The van der Waals surface area contributed by atoms with Crippen molar-refractivity contribution < 1.29 is 9.53 Å². The second-order valence-electron chi connectivity index (χ2n) is 8.70. The van der Waals surface area contributed by atoms with Crippen molar-refractivity contribution in [3.05, 3.63) is 70.2 Å². The van der Waals surface area contributed by atoms with E-state index in [1.807, 2.05) is 70.4 Å². The molecule has 5 nitrogen and oxygen atoms in total. The van der Waals surface area contributed by atoms with E-state index in [1.165, 1.54) is 11.8 Å². The maximum Gasteiger partial charge on any atom is 0.266 e. The van der Waals surface area contributed by atoms with Crippen molar-refractivity contribution in [1.82, 2.24) is 14.7 Å². The number of ether oxygens (including phenoxy) is 1. The van der Waals surface area contributed by atoms with Gasteiger partial charge >= 0.3 is 0 Å². The molecule has 1 saturated heterocycles. The van der Waals surface area contributed by atoms with Crippen molar-refractivity contribution in [3.63, 3.8) is 0 Å². The number of hydrogen-bond donors (Lipinski definition) is 0. The van der Waals surface area contributed by atoms with E-state index in [4.69, 9.17) is 33.7 Å². The molecule has 2 heterocycles. The van der Waals surface area contributed by atoms with Gasteiger partial charge in [-0.15, -0.1) is 0 Å². The van der Waals surface area contributed by atoms with Crippen molar-refractivity contribution in [1.29, 1.82) is 0 Å². The molecule has 8 heteroatoms. The zero-order valence-corrected chi connectivity index (χ0v) is 21.8.